The van der Waals surface area contributed by atoms with Gasteiger partial charge in [-0.3, -0.25) is 9.88 Å². The van der Waals surface area contributed by atoms with E-state index in [4.69, 9.17) is 4.74 Å². The molecule has 0 spiro atoms. The number of rotatable bonds is 3. The van der Waals surface area contributed by atoms with E-state index in [0.717, 1.165) is 27.2 Å². The first-order valence-electron chi connectivity index (χ1n) is 9.76. The summed E-state index contributed by atoms with van der Waals surface area (Å²) in [4.78, 5) is 18.5. The zero-order valence-corrected chi connectivity index (χ0v) is 18.8. The number of ether oxygens (including phenoxy) is 1. The largest absolute Gasteiger partial charge is 0.496 e. The van der Waals surface area contributed by atoms with Gasteiger partial charge in [-0.05, 0) is 60.4 Å². The lowest BCUT2D eigenvalue weighted by atomic mass is 10.0. The topological polar surface area (TPSA) is 54.5 Å². The van der Waals surface area contributed by atoms with Crippen molar-refractivity contribution in [2.75, 3.05) is 23.9 Å². The maximum atomic E-state index is 13.5. The van der Waals surface area contributed by atoms with Gasteiger partial charge in [0, 0.05) is 40.3 Å². The number of hydrogen-bond acceptors (Lipinski definition) is 3. The van der Waals surface area contributed by atoms with Gasteiger partial charge in [0.05, 0.1) is 12.7 Å². The number of alkyl halides is 3. The summed E-state index contributed by atoms with van der Waals surface area (Å²) in [7, 11) is 1.20. The average molecular weight is 506 g/mol. The molecule has 0 atom stereocenters. The average Bonchev–Trinajstić information content (AvgIpc) is 3.18. The molecule has 0 saturated carbocycles. The van der Waals surface area contributed by atoms with Gasteiger partial charge >= 0.3 is 12.2 Å². The Kier molecular flexibility index (Phi) is 5.85. The lowest BCUT2D eigenvalue weighted by Gasteiger charge is -2.21. The number of fused-ring (bicyclic) bond motifs is 1. The molecule has 2 amide bonds. The highest BCUT2D eigenvalue weighted by atomic mass is 79.9. The summed E-state index contributed by atoms with van der Waals surface area (Å²) < 4.78 is 46.1. The third-order valence-electron chi connectivity index (χ3n) is 5.41. The number of aromatic nitrogens is 1. The summed E-state index contributed by atoms with van der Waals surface area (Å²) in [5.74, 6) is -0.248. The number of urea groups is 1. The van der Waals surface area contributed by atoms with E-state index in [2.05, 4.69) is 26.2 Å². The second-order valence-electron chi connectivity index (χ2n) is 7.38. The zero-order chi connectivity index (χ0) is 23.0. The highest BCUT2D eigenvalue weighted by molar-refractivity contribution is 9.10. The Balaban J connectivity index is 1.65. The van der Waals surface area contributed by atoms with Gasteiger partial charge in [-0.25, -0.2) is 4.79 Å². The van der Waals surface area contributed by atoms with Gasteiger partial charge in [0.25, 0.3) is 0 Å². The predicted molar refractivity (Wildman–Crippen MR) is 120 cm³/mol. The molecule has 0 saturated heterocycles. The molecule has 0 unspecified atom stereocenters. The molecule has 0 bridgehead atoms. The third kappa shape index (κ3) is 4.17. The molecule has 4 rings (SSSR count). The first kappa shape index (κ1) is 22.1. The van der Waals surface area contributed by atoms with E-state index in [1.165, 1.54) is 18.1 Å². The van der Waals surface area contributed by atoms with Crippen molar-refractivity contribution in [3.63, 3.8) is 0 Å². The van der Waals surface area contributed by atoms with E-state index in [1.807, 2.05) is 25.1 Å². The fourth-order valence-electron chi connectivity index (χ4n) is 3.78. The SMILES string of the molecule is COc1cc2c(cc1C(F)(F)F)N(C(=O)Nc1cc(Br)c(C)c(-c3cccnc3)c1)CC2. The Labute approximate surface area is 191 Å². The van der Waals surface area contributed by atoms with E-state index < -0.39 is 17.8 Å². The first-order chi connectivity index (χ1) is 15.2. The van der Waals surface area contributed by atoms with Crippen LogP contribution in [0.15, 0.2) is 53.3 Å². The Morgan fingerprint density at radius 1 is 1.25 bits per heavy atom. The number of nitrogens with zero attached hydrogens (tertiary/aromatic N) is 2. The monoisotopic (exact) mass is 505 g/mol. The van der Waals surface area contributed by atoms with Gasteiger partial charge in [-0.1, -0.05) is 22.0 Å². The van der Waals surface area contributed by atoms with E-state index in [9.17, 15) is 18.0 Å². The summed E-state index contributed by atoms with van der Waals surface area (Å²) >= 11 is 3.52. The van der Waals surface area contributed by atoms with E-state index in [1.54, 1.807) is 18.5 Å². The molecule has 3 aromatic rings. The van der Waals surface area contributed by atoms with Gasteiger partial charge < -0.3 is 10.1 Å². The standard InChI is InChI=1S/C23H19BrF3N3O2/c1-13-17(15-4-3-6-28-12-15)9-16(10-19(13)24)29-22(31)30-7-5-14-8-21(32-2)18(11-20(14)30)23(25,26)27/h3-4,6,8-12H,5,7H2,1-2H3,(H,29,31). The van der Waals surface area contributed by atoms with Crippen LogP contribution in [0.5, 0.6) is 5.75 Å². The molecule has 0 fully saturated rings. The fourth-order valence-corrected chi connectivity index (χ4v) is 4.24. The lowest BCUT2D eigenvalue weighted by Crippen LogP contribution is -2.33. The number of carbonyl (C=O) groups is 1. The minimum Gasteiger partial charge on any atom is -0.496 e. The molecule has 1 aromatic heterocycles. The van der Waals surface area contributed by atoms with Crippen LogP contribution >= 0.6 is 15.9 Å². The van der Waals surface area contributed by atoms with Crippen LogP contribution in [0.3, 0.4) is 0 Å². The van der Waals surface area contributed by atoms with E-state index >= 15 is 0 Å². The number of carbonyl (C=O) groups excluding carboxylic acids is 1. The molecular weight excluding hydrogens is 487 g/mol. The minimum atomic E-state index is -4.59. The van der Waals surface area contributed by atoms with Crippen LogP contribution in [-0.2, 0) is 12.6 Å². The van der Waals surface area contributed by atoms with Crippen molar-refractivity contribution in [1.29, 1.82) is 0 Å². The van der Waals surface area contributed by atoms with Crippen molar-refractivity contribution >= 4 is 33.3 Å². The van der Waals surface area contributed by atoms with E-state index in [-0.39, 0.29) is 18.0 Å². The molecular formula is C23H19BrF3N3O2. The normalized spacial score (nSPS) is 13.1. The van der Waals surface area contributed by atoms with Gasteiger partial charge in [-0.15, -0.1) is 0 Å². The van der Waals surface area contributed by atoms with Gasteiger partial charge in [0.2, 0.25) is 0 Å². The number of methoxy groups -OCH3 is 1. The van der Waals surface area contributed by atoms with Crippen LogP contribution in [0.1, 0.15) is 16.7 Å². The summed E-state index contributed by atoms with van der Waals surface area (Å²) in [6, 6.07) is 9.15. The van der Waals surface area contributed by atoms with Gasteiger partial charge in [0.15, 0.2) is 0 Å². The molecule has 166 valence electrons. The Morgan fingerprint density at radius 3 is 2.69 bits per heavy atom. The van der Waals surface area contributed by atoms with Gasteiger partial charge in [0.1, 0.15) is 5.75 Å². The van der Waals surface area contributed by atoms with Crippen LogP contribution < -0.4 is 15.0 Å². The molecule has 1 aliphatic heterocycles. The van der Waals surface area contributed by atoms with Crippen LogP contribution in [-0.4, -0.2) is 24.7 Å². The number of hydrogen-bond donors (Lipinski definition) is 1. The first-order valence-corrected chi connectivity index (χ1v) is 10.6. The molecule has 2 aromatic carbocycles. The van der Waals surface area contributed by atoms with Crippen molar-refractivity contribution in [1.82, 2.24) is 4.98 Å². The summed E-state index contributed by atoms with van der Waals surface area (Å²) in [6.07, 6.45) is -0.751. The highest BCUT2D eigenvalue weighted by Crippen LogP contribution is 2.42. The molecule has 9 heteroatoms. The van der Waals surface area contributed by atoms with Crippen molar-refractivity contribution < 1.29 is 22.7 Å². The maximum absolute atomic E-state index is 13.5. The lowest BCUT2D eigenvalue weighted by molar-refractivity contribution is -0.138. The molecule has 2 heterocycles. The summed E-state index contributed by atoms with van der Waals surface area (Å²) in [5.41, 5.74) is 3.22. The number of amides is 2. The Morgan fingerprint density at radius 2 is 2.03 bits per heavy atom. The molecule has 1 aliphatic rings. The maximum Gasteiger partial charge on any atom is 0.420 e. The Hall–Kier alpha value is -3.07. The second-order valence-corrected chi connectivity index (χ2v) is 8.24. The second kappa shape index (κ2) is 8.46. The van der Waals surface area contributed by atoms with Crippen molar-refractivity contribution in [3.05, 3.63) is 70.0 Å². The number of nitrogens with one attached hydrogen (secondary N) is 1. The summed E-state index contributed by atoms with van der Waals surface area (Å²) in [5, 5.41) is 2.81. The zero-order valence-electron chi connectivity index (χ0n) is 17.3. The Bertz CT molecular complexity index is 1180. The van der Waals surface area contributed by atoms with Crippen molar-refractivity contribution in [3.8, 4) is 16.9 Å². The summed E-state index contributed by atoms with van der Waals surface area (Å²) in [6.45, 7) is 2.22. The van der Waals surface area contributed by atoms with Crippen LogP contribution in [0.2, 0.25) is 0 Å². The van der Waals surface area contributed by atoms with Crippen molar-refractivity contribution in [2.24, 2.45) is 0 Å². The van der Waals surface area contributed by atoms with Crippen molar-refractivity contribution in [2.45, 2.75) is 19.5 Å². The number of pyridine rings is 1. The number of benzene rings is 2. The smallest absolute Gasteiger partial charge is 0.420 e. The quantitative estimate of drug-likeness (QED) is 0.445. The van der Waals surface area contributed by atoms with Crippen LogP contribution in [0.25, 0.3) is 11.1 Å². The third-order valence-corrected chi connectivity index (χ3v) is 6.24. The molecule has 0 aliphatic carbocycles. The predicted octanol–water partition coefficient (Wildman–Crippen LogP) is 6.44. The molecule has 0 radical (unpaired) electrons. The van der Waals surface area contributed by atoms with E-state index in [0.29, 0.717) is 17.7 Å². The van der Waals surface area contributed by atoms with Gasteiger partial charge in [-0.2, -0.15) is 13.2 Å². The molecule has 1 N–H and O–H groups in total. The fraction of sp³-hybridized carbons (Fsp3) is 0.217. The van der Waals surface area contributed by atoms with Crippen LogP contribution in [0.4, 0.5) is 29.3 Å². The van der Waals surface area contributed by atoms with Crippen LogP contribution in [0, 0.1) is 6.92 Å². The number of anilines is 2. The highest BCUT2D eigenvalue weighted by Gasteiger charge is 2.37. The molecule has 5 nitrogen and oxygen atoms in total. The minimum absolute atomic E-state index is 0.231. The molecule has 32 heavy (non-hydrogen) atoms. The number of halogens is 4.